The summed E-state index contributed by atoms with van der Waals surface area (Å²) < 4.78 is 4.95. The number of piperazine rings is 1. The van der Waals surface area contributed by atoms with Crippen molar-refractivity contribution in [3.05, 3.63) is 24.2 Å². The first-order valence-electron chi connectivity index (χ1n) is 6.01. The summed E-state index contributed by atoms with van der Waals surface area (Å²) in [6.07, 6.45) is 3.26. The molecule has 1 aliphatic heterocycles. The van der Waals surface area contributed by atoms with Gasteiger partial charge in [-0.05, 0) is 13.0 Å². The molecule has 0 bridgehead atoms. The zero-order valence-electron chi connectivity index (χ0n) is 10.1. The van der Waals surface area contributed by atoms with Crippen molar-refractivity contribution in [1.29, 1.82) is 0 Å². The van der Waals surface area contributed by atoms with E-state index in [-0.39, 0.29) is 11.9 Å². The van der Waals surface area contributed by atoms with Crippen LogP contribution in [0.5, 0.6) is 0 Å². The molecule has 1 unspecified atom stereocenters. The van der Waals surface area contributed by atoms with E-state index < -0.39 is 0 Å². The first kappa shape index (κ1) is 12.1. The van der Waals surface area contributed by atoms with Gasteiger partial charge in [0, 0.05) is 38.3 Å². The highest BCUT2D eigenvalue weighted by Gasteiger charge is 2.22. The van der Waals surface area contributed by atoms with Gasteiger partial charge in [0.2, 0.25) is 5.91 Å². The van der Waals surface area contributed by atoms with Crippen LogP contribution >= 0.6 is 0 Å². The molecule has 94 valence electrons. The van der Waals surface area contributed by atoms with E-state index in [1.54, 1.807) is 12.5 Å². The molecule has 0 radical (unpaired) electrons. The second-order valence-corrected chi connectivity index (χ2v) is 4.31. The average Bonchev–Trinajstić information content (AvgIpc) is 2.89. The van der Waals surface area contributed by atoms with Crippen LogP contribution in [-0.2, 0) is 11.3 Å². The van der Waals surface area contributed by atoms with Gasteiger partial charge in [0.05, 0.1) is 18.6 Å². The first-order valence-corrected chi connectivity index (χ1v) is 6.01. The standard InChI is InChI=1S/C12H19N3O2/c1-10(15-5-3-13-4-6-15)12(16)14-8-11-2-7-17-9-11/h2,7,9-10,13H,3-6,8H2,1H3,(H,14,16). The Labute approximate surface area is 101 Å². The zero-order chi connectivity index (χ0) is 12.1. The Kier molecular flexibility index (Phi) is 4.17. The van der Waals surface area contributed by atoms with E-state index in [0.717, 1.165) is 31.7 Å². The third-order valence-electron chi connectivity index (χ3n) is 3.13. The van der Waals surface area contributed by atoms with Gasteiger partial charge in [-0.25, -0.2) is 0 Å². The fourth-order valence-corrected chi connectivity index (χ4v) is 1.97. The van der Waals surface area contributed by atoms with Crippen LogP contribution in [0.4, 0.5) is 0 Å². The molecule has 1 atom stereocenters. The lowest BCUT2D eigenvalue weighted by Crippen LogP contribution is -2.52. The third kappa shape index (κ3) is 3.31. The molecular weight excluding hydrogens is 218 g/mol. The van der Waals surface area contributed by atoms with Crippen LogP contribution in [-0.4, -0.2) is 43.0 Å². The van der Waals surface area contributed by atoms with Gasteiger partial charge in [0.1, 0.15) is 0 Å². The summed E-state index contributed by atoms with van der Waals surface area (Å²) in [6.45, 7) is 6.26. The van der Waals surface area contributed by atoms with Crippen molar-refractivity contribution in [3.63, 3.8) is 0 Å². The van der Waals surface area contributed by atoms with Crippen molar-refractivity contribution >= 4 is 5.91 Å². The number of nitrogens with zero attached hydrogens (tertiary/aromatic N) is 1. The number of carbonyl (C=O) groups excluding carboxylic acids is 1. The second-order valence-electron chi connectivity index (χ2n) is 4.31. The minimum atomic E-state index is -0.0657. The minimum absolute atomic E-state index is 0.0657. The molecule has 1 amide bonds. The summed E-state index contributed by atoms with van der Waals surface area (Å²) in [5.41, 5.74) is 0.992. The Morgan fingerprint density at radius 1 is 1.59 bits per heavy atom. The number of furan rings is 1. The quantitative estimate of drug-likeness (QED) is 0.785. The molecule has 1 aliphatic rings. The lowest BCUT2D eigenvalue weighted by atomic mass is 10.2. The van der Waals surface area contributed by atoms with Gasteiger partial charge in [-0.15, -0.1) is 0 Å². The van der Waals surface area contributed by atoms with Crippen LogP contribution in [0.2, 0.25) is 0 Å². The third-order valence-corrected chi connectivity index (χ3v) is 3.13. The summed E-state index contributed by atoms with van der Waals surface area (Å²) in [5.74, 6) is 0.0769. The van der Waals surface area contributed by atoms with Gasteiger partial charge in [0.15, 0.2) is 0 Å². The SMILES string of the molecule is CC(C(=O)NCc1ccoc1)N1CCNCC1. The molecule has 5 heteroatoms. The maximum atomic E-state index is 11.9. The van der Waals surface area contributed by atoms with E-state index in [1.165, 1.54) is 0 Å². The van der Waals surface area contributed by atoms with Crippen molar-refractivity contribution in [2.24, 2.45) is 0 Å². The average molecular weight is 237 g/mol. The van der Waals surface area contributed by atoms with E-state index in [9.17, 15) is 4.79 Å². The molecule has 2 rings (SSSR count). The Hall–Kier alpha value is -1.33. The molecule has 0 aliphatic carbocycles. The molecule has 0 spiro atoms. The van der Waals surface area contributed by atoms with Crippen LogP contribution in [0.25, 0.3) is 0 Å². The minimum Gasteiger partial charge on any atom is -0.472 e. The van der Waals surface area contributed by atoms with E-state index in [4.69, 9.17) is 4.42 Å². The normalized spacial score (nSPS) is 18.9. The highest BCUT2D eigenvalue weighted by Crippen LogP contribution is 2.03. The monoisotopic (exact) mass is 237 g/mol. The Balaban J connectivity index is 1.78. The second kappa shape index (κ2) is 5.84. The van der Waals surface area contributed by atoms with Crippen LogP contribution < -0.4 is 10.6 Å². The molecule has 1 fully saturated rings. The smallest absolute Gasteiger partial charge is 0.237 e. The zero-order valence-corrected chi connectivity index (χ0v) is 10.1. The first-order chi connectivity index (χ1) is 8.27. The van der Waals surface area contributed by atoms with Gasteiger partial charge in [-0.3, -0.25) is 9.69 Å². The molecule has 1 saturated heterocycles. The van der Waals surface area contributed by atoms with Crippen molar-refractivity contribution in [2.75, 3.05) is 26.2 Å². The highest BCUT2D eigenvalue weighted by molar-refractivity contribution is 5.81. The lowest BCUT2D eigenvalue weighted by molar-refractivity contribution is -0.126. The van der Waals surface area contributed by atoms with E-state index in [0.29, 0.717) is 6.54 Å². The predicted octanol–water partition coefficient (Wildman–Crippen LogP) is 0.190. The maximum Gasteiger partial charge on any atom is 0.237 e. The fraction of sp³-hybridized carbons (Fsp3) is 0.583. The highest BCUT2D eigenvalue weighted by atomic mass is 16.3. The van der Waals surface area contributed by atoms with Gasteiger partial charge >= 0.3 is 0 Å². The Morgan fingerprint density at radius 2 is 2.35 bits per heavy atom. The predicted molar refractivity (Wildman–Crippen MR) is 64.5 cm³/mol. The van der Waals surface area contributed by atoms with Crippen LogP contribution in [0.1, 0.15) is 12.5 Å². The van der Waals surface area contributed by atoms with Gasteiger partial charge in [-0.2, -0.15) is 0 Å². The molecule has 17 heavy (non-hydrogen) atoms. The number of nitrogens with one attached hydrogen (secondary N) is 2. The number of hydrogen-bond acceptors (Lipinski definition) is 4. The number of carbonyl (C=O) groups is 1. The number of hydrogen-bond donors (Lipinski definition) is 2. The molecular formula is C12H19N3O2. The summed E-state index contributed by atoms with van der Waals surface area (Å²) >= 11 is 0. The van der Waals surface area contributed by atoms with E-state index in [1.807, 2.05) is 13.0 Å². The molecule has 2 heterocycles. The molecule has 1 aromatic heterocycles. The molecule has 5 nitrogen and oxygen atoms in total. The molecule has 2 N–H and O–H groups in total. The summed E-state index contributed by atoms with van der Waals surface area (Å²) in [7, 11) is 0. The topological polar surface area (TPSA) is 57.5 Å². The molecule has 1 aromatic rings. The van der Waals surface area contributed by atoms with Crippen molar-refractivity contribution in [3.8, 4) is 0 Å². The van der Waals surface area contributed by atoms with Crippen LogP contribution in [0.15, 0.2) is 23.0 Å². The Morgan fingerprint density at radius 3 is 3.00 bits per heavy atom. The van der Waals surface area contributed by atoms with Gasteiger partial charge in [-0.1, -0.05) is 0 Å². The number of amides is 1. The van der Waals surface area contributed by atoms with Crippen molar-refractivity contribution < 1.29 is 9.21 Å². The summed E-state index contributed by atoms with van der Waals surface area (Å²) in [6, 6.07) is 1.79. The van der Waals surface area contributed by atoms with E-state index >= 15 is 0 Å². The maximum absolute atomic E-state index is 11.9. The summed E-state index contributed by atoms with van der Waals surface area (Å²) in [5, 5.41) is 6.20. The number of rotatable bonds is 4. The van der Waals surface area contributed by atoms with Crippen LogP contribution in [0.3, 0.4) is 0 Å². The molecule has 0 aromatic carbocycles. The van der Waals surface area contributed by atoms with Crippen molar-refractivity contribution in [2.45, 2.75) is 19.5 Å². The van der Waals surface area contributed by atoms with Crippen molar-refractivity contribution in [1.82, 2.24) is 15.5 Å². The van der Waals surface area contributed by atoms with Gasteiger partial charge < -0.3 is 15.1 Å². The van der Waals surface area contributed by atoms with Gasteiger partial charge in [0.25, 0.3) is 0 Å². The summed E-state index contributed by atoms with van der Waals surface area (Å²) in [4.78, 5) is 14.1. The van der Waals surface area contributed by atoms with E-state index in [2.05, 4.69) is 15.5 Å². The largest absolute Gasteiger partial charge is 0.472 e. The lowest BCUT2D eigenvalue weighted by Gasteiger charge is -2.31. The molecule has 0 saturated carbocycles. The fourth-order valence-electron chi connectivity index (χ4n) is 1.97. The van der Waals surface area contributed by atoms with Crippen LogP contribution in [0, 0.1) is 0 Å². The Bertz CT molecular complexity index is 345.